The summed E-state index contributed by atoms with van der Waals surface area (Å²) in [5.41, 5.74) is 6.41. The normalized spacial score (nSPS) is 13.1. The molecule has 0 aromatic heterocycles. The molecule has 6 nitrogen and oxygen atoms in total. The number of hydrogen-bond donors (Lipinski definition) is 0. The lowest BCUT2D eigenvalue weighted by molar-refractivity contribution is 0.519. The van der Waals surface area contributed by atoms with Crippen LogP contribution in [0.15, 0.2) is 182 Å². The Kier molecular flexibility index (Phi) is 11.4. The van der Waals surface area contributed by atoms with Gasteiger partial charge in [-0.25, -0.2) is 0 Å². The third-order valence-corrected chi connectivity index (χ3v) is 9.13. The van der Waals surface area contributed by atoms with Crippen molar-refractivity contribution in [2.24, 2.45) is 0 Å². The van der Waals surface area contributed by atoms with Crippen LogP contribution in [0.3, 0.4) is 0 Å². The second kappa shape index (κ2) is 17.0. The fourth-order valence-electron chi connectivity index (χ4n) is 6.40. The minimum Gasteiger partial charge on any atom is -0.519 e. The number of benzene rings is 6. The van der Waals surface area contributed by atoms with E-state index in [2.05, 4.69) is 123 Å². The fraction of sp³-hybridized carbons (Fsp3) is 0.130. The first-order valence-electron chi connectivity index (χ1n) is 18.5. The summed E-state index contributed by atoms with van der Waals surface area (Å²) in [6, 6.07) is 57.4. The summed E-state index contributed by atoms with van der Waals surface area (Å²) >= 11 is 0. The van der Waals surface area contributed by atoms with Crippen molar-refractivity contribution >= 4 is 36.6 Å². The molecule has 2 aliphatic rings. The zero-order chi connectivity index (χ0) is 37.3. The molecule has 268 valence electrons. The summed E-state index contributed by atoms with van der Waals surface area (Å²) in [6.45, 7) is 8.71. The van der Waals surface area contributed by atoms with E-state index in [-0.39, 0.29) is 12.1 Å². The Labute approximate surface area is 320 Å². The van der Waals surface area contributed by atoms with Crippen LogP contribution in [0.4, 0.5) is 11.4 Å². The smallest absolute Gasteiger partial charge is 0.519 e. The van der Waals surface area contributed by atoms with Gasteiger partial charge in [-0.1, -0.05) is 121 Å². The predicted octanol–water partition coefficient (Wildman–Crippen LogP) is 10.9. The largest absolute Gasteiger partial charge is 0.634 e. The maximum Gasteiger partial charge on any atom is 0.634 e. The van der Waals surface area contributed by atoms with Crippen molar-refractivity contribution in [1.82, 2.24) is 0 Å². The van der Waals surface area contributed by atoms with Crippen molar-refractivity contribution in [3.05, 3.63) is 193 Å². The van der Waals surface area contributed by atoms with Crippen LogP contribution in [0.5, 0.6) is 23.0 Å². The Morgan fingerprint density at radius 3 is 0.926 bits per heavy atom. The van der Waals surface area contributed by atoms with Gasteiger partial charge in [0.1, 0.15) is 23.0 Å². The Morgan fingerprint density at radius 2 is 0.648 bits per heavy atom. The average Bonchev–Trinajstić information content (AvgIpc) is 3.85. The van der Waals surface area contributed by atoms with Crippen LogP contribution in [0.25, 0.3) is 10.9 Å². The molecular formula is C46H44B2N2O4. The second-order valence-electron chi connectivity index (χ2n) is 13.6. The molecule has 0 saturated heterocycles. The van der Waals surface area contributed by atoms with E-state index >= 15 is 0 Å². The maximum atomic E-state index is 6.12. The summed E-state index contributed by atoms with van der Waals surface area (Å²) in [7, 11) is -0.954. The van der Waals surface area contributed by atoms with Crippen molar-refractivity contribution < 1.29 is 18.6 Å². The quantitative estimate of drug-likeness (QED) is 0.132. The number of para-hydroxylation sites is 6. The van der Waals surface area contributed by atoms with E-state index < -0.39 is 14.2 Å². The molecule has 0 bridgehead atoms. The number of anilines is 2. The number of fused-ring (bicyclic) bond motifs is 2. The highest BCUT2D eigenvalue weighted by Gasteiger charge is 2.38. The molecule has 2 aliphatic heterocycles. The summed E-state index contributed by atoms with van der Waals surface area (Å²) in [5, 5.41) is 0. The Morgan fingerprint density at radius 1 is 0.389 bits per heavy atom. The highest BCUT2D eigenvalue weighted by Crippen LogP contribution is 2.38. The van der Waals surface area contributed by atoms with Crippen molar-refractivity contribution in [3.8, 4) is 23.0 Å². The number of nitrogens with zero attached hydrogens (tertiary/aromatic N) is 2. The fourth-order valence-corrected chi connectivity index (χ4v) is 6.40. The molecule has 0 spiro atoms. The molecule has 0 unspecified atom stereocenters. The monoisotopic (exact) mass is 710 g/mol. The van der Waals surface area contributed by atoms with Crippen LogP contribution < -0.4 is 28.4 Å². The van der Waals surface area contributed by atoms with Crippen LogP contribution in [0, 0.1) is 0 Å². The first-order chi connectivity index (χ1) is 26.4. The van der Waals surface area contributed by atoms with Crippen LogP contribution in [0.2, 0.25) is 0 Å². The third kappa shape index (κ3) is 8.50. The van der Waals surface area contributed by atoms with Gasteiger partial charge in [0.2, 0.25) is 0 Å². The van der Waals surface area contributed by atoms with Gasteiger partial charge < -0.3 is 28.4 Å². The van der Waals surface area contributed by atoms with Gasteiger partial charge in [0.05, 0.1) is 0 Å². The van der Waals surface area contributed by atoms with Gasteiger partial charge in [0.25, 0.3) is 0 Å². The van der Waals surface area contributed by atoms with E-state index in [0.717, 1.165) is 56.4 Å². The molecule has 0 fully saturated rings. The highest BCUT2D eigenvalue weighted by atomic mass is 16.6. The summed E-state index contributed by atoms with van der Waals surface area (Å²) in [5.74, 6) is 3.11. The van der Waals surface area contributed by atoms with E-state index in [1.54, 1.807) is 0 Å². The maximum absolute atomic E-state index is 6.12. The standard InChI is InChI=1S/2C23H22BNO2/c2*1-18(2)25(20-13-7-4-8-14-20)17-21(19-11-5-3-6-12-19)24-26-22-15-9-10-16-23(22)27-24/h2*3-18H,1-2H3/b2*21-17+. The molecule has 0 radical (unpaired) electrons. The van der Waals surface area contributed by atoms with Crippen molar-refractivity contribution in [3.63, 3.8) is 0 Å². The lowest BCUT2D eigenvalue weighted by atomic mass is 9.74. The van der Waals surface area contributed by atoms with Gasteiger partial charge in [-0.05, 0) is 87.4 Å². The van der Waals surface area contributed by atoms with Crippen LogP contribution in [0.1, 0.15) is 38.8 Å². The van der Waals surface area contributed by atoms with Gasteiger partial charge in [-0.2, -0.15) is 0 Å². The molecule has 8 heteroatoms. The SMILES string of the molecule is CC(C)N(/C=C(/B1Oc2ccccc2O1)c1ccccc1)c1ccccc1.CC(C)N(/C=C(/B1Oc2ccccc2O1)c1ccccc1)c1ccccc1. The van der Waals surface area contributed by atoms with Gasteiger partial charge in [-0.15, -0.1) is 0 Å². The average molecular weight is 710 g/mol. The van der Waals surface area contributed by atoms with Gasteiger partial charge in [0, 0.05) is 46.8 Å². The first-order valence-corrected chi connectivity index (χ1v) is 18.5. The summed E-state index contributed by atoms with van der Waals surface area (Å²) < 4.78 is 24.5. The topological polar surface area (TPSA) is 43.4 Å². The van der Waals surface area contributed by atoms with E-state index in [0.29, 0.717) is 0 Å². The van der Waals surface area contributed by atoms with Crippen LogP contribution in [-0.2, 0) is 0 Å². The van der Waals surface area contributed by atoms with Gasteiger partial charge >= 0.3 is 14.2 Å². The molecule has 6 aromatic rings. The van der Waals surface area contributed by atoms with E-state index in [9.17, 15) is 0 Å². The van der Waals surface area contributed by atoms with Crippen molar-refractivity contribution in [2.45, 2.75) is 39.8 Å². The van der Waals surface area contributed by atoms with E-state index in [4.69, 9.17) is 18.6 Å². The van der Waals surface area contributed by atoms with Crippen LogP contribution in [-0.4, -0.2) is 26.3 Å². The lowest BCUT2D eigenvalue weighted by Gasteiger charge is -2.27. The van der Waals surface area contributed by atoms with E-state index in [1.807, 2.05) is 97.1 Å². The molecule has 6 aromatic carbocycles. The molecule has 2 heterocycles. The molecule has 8 rings (SSSR count). The third-order valence-electron chi connectivity index (χ3n) is 9.13. The highest BCUT2D eigenvalue weighted by molar-refractivity contribution is 6.70. The minimum atomic E-state index is -0.477. The van der Waals surface area contributed by atoms with Gasteiger partial charge in [-0.3, -0.25) is 0 Å². The molecule has 0 N–H and O–H groups in total. The van der Waals surface area contributed by atoms with Crippen molar-refractivity contribution in [2.75, 3.05) is 9.80 Å². The summed E-state index contributed by atoms with van der Waals surface area (Å²) in [6.07, 6.45) is 4.29. The molecular weight excluding hydrogens is 666 g/mol. The zero-order valence-corrected chi connectivity index (χ0v) is 31.2. The lowest BCUT2D eigenvalue weighted by Crippen LogP contribution is -2.31. The molecule has 54 heavy (non-hydrogen) atoms. The van der Waals surface area contributed by atoms with Crippen molar-refractivity contribution in [1.29, 1.82) is 0 Å². The summed E-state index contributed by atoms with van der Waals surface area (Å²) in [4.78, 5) is 4.50. The Balaban J connectivity index is 0.000000167. The molecule has 0 atom stereocenters. The first kappa shape index (κ1) is 36.1. The molecule has 0 amide bonds. The van der Waals surface area contributed by atoms with Crippen LogP contribution >= 0.6 is 0 Å². The predicted molar refractivity (Wildman–Crippen MR) is 224 cm³/mol. The number of rotatable bonds is 10. The molecule has 0 saturated carbocycles. The van der Waals surface area contributed by atoms with Gasteiger partial charge in [0.15, 0.2) is 0 Å². The van der Waals surface area contributed by atoms with E-state index in [1.165, 1.54) is 0 Å². The zero-order valence-electron chi connectivity index (χ0n) is 31.2. The molecule has 0 aliphatic carbocycles. The Hall–Kier alpha value is -6.27. The number of hydrogen-bond acceptors (Lipinski definition) is 6. The second-order valence-corrected chi connectivity index (χ2v) is 13.6. The minimum absolute atomic E-state index is 0.287. The Bertz CT molecular complexity index is 1960.